The number of aryl methyl sites for hydroxylation is 1. The van der Waals surface area contributed by atoms with Crippen molar-refractivity contribution in [2.45, 2.75) is 20.8 Å². The van der Waals surface area contributed by atoms with Gasteiger partial charge in [0.2, 0.25) is 5.43 Å². The number of anilines is 2. The van der Waals surface area contributed by atoms with Gasteiger partial charge in [-0.05, 0) is 69.3 Å². The standard InChI is InChI=1S/C22H23ClN4O2/c1-4-26(5-2)18-12-8-17(9-13-18)24-22(29)21-20(28)14-15(3)27(25-21)19-10-6-16(23)7-11-19/h6-14H,4-5H2,1-3H3,(H,24,29). The topological polar surface area (TPSA) is 67.2 Å². The normalized spacial score (nSPS) is 10.6. The van der Waals surface area contributed by atoms with Crippen molar-refractivity contribution >= 4 is 28.9 Å². The molecule has 3 aromatic rings. The molecule has 6 nitrogen and oxygen atoms in total. The Morgan fingerprint density at radius 1 is 1.07 bits per heavy atom. The number of carbonyl (C=O) groups is 1. The molecule has 29 heavy (non-hydrogen) atoms. The van der Waals surface area contributed by atoms with Gasteiger partial charge in [0, 0.05) is 41.2 Å². The maximum atomic E-state index is 12.7. The van der Waals surface area contributed by atoms with Gasteiger partial charge in [0.15, 0.2) is 5.69 Å². The predicted molar refractivity (Wildman–Crippen MR) is 118 cm³/mol. The Kier molecular flexibility index (Phi) is 6.34. The molecule has 1 amide bonds. The van der Waals surface area contributed by atoms with Crippen molar-refractivity contribution in [3.63, 3.8) is 0 Å². The van der Waals surface area contributed by atoms with Crippen molar-refractivity contribution in [1.29, 1.82) is 0 Å². The van der Waals surface area contributed by atoms with E-state index in [4.69, 9.17) is 11.6 Å². The third kappa shape index (κ3) is 4.66. The third-order valence-corrected chi connectivity index (χ3v) is 4.90. The minimum atomic E-state index is -0.548. The third-order valence-electron chi connectivity index (χ3n) is 4.65. The molecule has 0 saturated carbocycles. The number of hydrogen-bond donors (Lipinski definition) is 1. The summed E-state index contributed by atoms with van der Waals surface area (Å²) < 4.78 is 1.55. The Balaban J connectivity index is 1.86. The van der Waals surface area contributed by atoms with Crippen LogP contribution >= 0.6 is 11.6 Å². The summed E-state index contributed by atoms with van der Waals surface area (Å²) in [4.78, 5) is 27.3. The first-order valence-electron chi connectivity index (χ1n) is 9.46. The first-order chi connectivity index (χ1) is 13.9. The molecule has 7 heteroatoms. The summed E-state index contributed by atoms with van der Waals surface area (Å²) in [6.07, 6.45) is 0. The molecule has 0 atom stereocenters. The van der Waals surface area contributed by atoms with E-state index in [1.54, 1.807) is 35.9 Å². The summed E-state index contributed by atoms with van der Waals surface area (Å²) in [5, 5.41) is 7.63. The first-order valence-corrected chi connectivity index (χ1v) is 9.84. The highest BCUT2D eigenvalue weighted by Crippen LogP contribution is 2.18. The van der Waals surface area contributed by atoms with E-state index in [1.165, 1.54) is 6.07 Å². The van der Waals surface area contributed by atoms with Crippen LogP contribution in [0, 0.1) is 6.92 Å². The zero-order chi connectivity index (χ0) is 21.0. The van der Waals surface area contributed by atoms with Crippen molar-refractivity contribution in [3.05, 3.63) is 81.2 Å². The lowest BCUT2D eigenvalue weighted by Gasteiger charge is -2.21. The second-order valence-corrected chi connectivity index (χ2v) is 7.00. The van der Waals surface area contributed by atoms with Gasteiger partial charge in [0.25, 0.3) is 5.91 Å². The van der Waals surface area contributed by atoms with Gasteiger partial charge in [-0.2, -0.15) is 5.10 Å². The SMILES string of the molecule is CCN(CC)c1ccc(NC(=O)c2nn(-c3ccc(Cl)cc3)c(C)cc2=O)cc1. The van der Waals surface area contributed by atoms with Crippen LogP contribution in [-0.4, -0.2) is 28.8 Å². The average molecular weight is 411 g/mol. The molecule has 0 aliphatic heterocycles. The number of benzene rings is 2. The van der Waals surface area contributed by atoms with Crippen molar-refractivity contribution in [1.82, 2.24) is 9.78 Å². The molecule has 1 aromatic heterocycles. The van der Waals surface area contributed by atoms with Gasteiger partial charge in [0.1, 0.15) is 0 Å². The molecule has 2 aromatic carbocycles. The molecule has 0 bridgehead atoms. The van der Waals surface area contributed by atoms with Gasteiger partial charge in [-0.3, -0.25) is 9.59 Å². The van der Waals surface area contributed by atoms with E-state index in [2.05, 4.69) is 29.2 Å². The molecule has 0 radical (unpaired) electrons. The van der Waals surface area contributed by atoms with Gasteiger partial charge in [0.05, 0.1) is 5.69 Å². The highest BCUT2D eigenvalue weighted by atomic mass is 35.5. The predicted octanol–water partition coefficient (Wildman–Crippen LogP) is 4.29. The van der Waals surface area contributed by atoms with Crippen molar-refractivity contribution in [2.24, 2.45) is 0 Å². The number of aromatic nitrogens is 2. The molecule has 1 N–H and O–H groups in total. The minimum absolute atomic E-state index is 0.168. The zero-order valence-electron chi connectivity index (χ0n) is 16.6. The van der Waals surface area contributed by atoms with Crippen LogP contribution in [0.2, 0.25) is 5.02 Å². The summed E-state index contributed by atoms with van der Waals surface area (Å²) in [7, 11) is 0. The van der Waals surface area contributed by atoms with Gasteiger partial charge >= 0.3 is 0 Å². The summed E-state index contributed by atoms with van der Waals surface area (Å²) in [5.41, 5.74) is 2.42. The quantitative estimate of drug-likeness (QED) is 0.658. The Hall–Kier alpha value is -3.12. The fraction of sp³-hybridized carbons (Fsp3) is 0.227. The van der Waals surface area contributed by atoms with Crippen LogP contribution < -0.4 is 15.6 Å². The summed E-state index contributed by atoms with van der Waals surface area (Å²) in [6, 6.07) is 15.9. The smallest absolute Gasteiger partial charge is 0.280 e. The molecule has 150 valence electrons. The summed E-state index contributed by atoms with van der Waals surface area (Å²) >= 11 is 5.94. The maximum absolute atomic E-state index is 12.7. The van der Waals surface area contributed by atoms with Crippen molar-refractivity contribution in [2.75, 3.05) is 23.3 Å². The van der Waals surface area contributed by atoms with Gasteiger partial charge in [-0.1, -0.05) is 11.6 Å². The molecule has 0 aliphatic carbocycles. The highest BCUT2D eigenvalue weighted by Gasteiger charge is 2.16. The van der Waals surface area contributed by atoms with E-state index >= 15 is 0 Å². The molecule has 3 rings (SSSR count). The fourth-order valence-electron chi connectivity index (χ4n) is 3.08. The molecule has 0 aliphatic rings. The minimum Gasteiger partial charge on any atom is -0.372 e. The number of carbonyl (C=O) groups excluding carboxylic acids is 1. The Morgan fingerprint density at radius 3 is 2.28 bits per heavy atom. The largest absolute Gasteiger partial charge is 0.372 e. The Labute approximate surface area is 174 Å². The number of nitrogens with zero attached hydrogens (tertiary/aromatic N) is 3. The van der Waals surface area contributed by atoms with Gasteiger partial charge in [-0.25, -0.2) is 4.68 Å². The molecular weight excluding hydrogens is 388 g/mol. The van der Waals surface area contributed by atoms with E-state index in [9.17, 15) is 9.59 Å². The lowest BCUT2D eigenvalue weighted by Crippen LogP contribution is -2.27. The first kappa shape index (κ1) is 20.6. The monoisotopic (exact) mass is 410 g/mol. The van der Waals surface area contributed by atoms with Crippen LogP contribution in [-0.2, 0) is 0 Å². The van der Waals surface area contributed by atoms with Crippen LogP contribution in [0.4, 0.5) is 11.4 Å². The van der Waals surface area contributed by atoms with Gasteiger partial charge < -0.3 is 10.2 Å². The molecule has 0 fully saturated rings. The van der Waals surface area contributed by atoms with E-state index in [0.29, 0.717) is 22.1 Å². The van der Waals surface area contributed by atoms with Crippen molar-refractivity contribution in [3.8, 4) is 5.69 Å². The van der Waals surface area contributed by atoms with Gasteiger partial charge in [-0.15, -0.1) is 0 Å². The van der Waals surface area contributed by atoms with E-state index < -0.39 is 11.3 Å². The van der Waals surface area contributed by atoms with Crippen molar-refractivity contribution < 1.29 is 4.79 Å². The van der Waals surface area contributed by atoms with E-state index in [0.717, 1.165) is 18.8 Å². The zero-order valence-corrected chi connectivity index (χ0v) is 17.4. The fourth-order valence-corrected chi connectivity index (χ4v) is 3.21. The number of amides is 1. The lowest BCUT2D eigenvalue weighted by molar-refractivity contribution is 0.101. The lowest BCUT2D eigenvalue weighted by atomic mass is 10.2. The van der Waals surface area contributed by atoms with Crippen LogP contribution in [0.5, 0.6) is 0 Å². The maximum Gasteiger partial charge on any atom is 0.280 e. The van der Waals surface area contributed by atoms with Crippen LogP contribution in [0.1, 0.15) is 30.0 Å². The number of hydrogen-bond acceptors (Lipinski definition) is 4. The molecule has 0 unspecified atom stereocenters. The van der Waals surface area contributed by atoms with Crippen LogP contribution in [0.15, 0.2) is 59.4 Å². The molecule has 0 spiro atoms. The second kappa shape index (κ2) is 8.92. The second-order valence-electron chi connectivity index (χ2n) is 6.56. The number of rotatable bonds is 6. The summed E-state index contributed by atoms with van der Waals surface area (Å²) in [6.45, 7) is 7.75. The number of nitrogens with one attached hydrogen (secondary N) is 1. The molecular formula is C22H23ClN4O2. The molecule has 0 saturated heterocycles. The van der Waals surface area contributed by atoms with Crippen LogP contribution in [0.3, 0.4) is 0 Å². The van der Waals surface area contributed by atoms with E-state index in [-0.39, 0.29) is 5.69 Å². The van der Waals surface area contributed by atoms with E-state index in [1.807, 2.05) is 24.3 Å². The van der Waals surface area contributed by atoms with Crippen LogP contribution in [0.25, 0.3) is 5.69 Å². The Bertz CT molecular complexity index is 1060. The molecule has 1 heterocycles. The number of halogens is 1. The average Bonchev–Trinajstić information content (AvgIpc) is 2.71. The Morgan fingerprint density at radius 2 is 1.69 bits per heavy atom. The summed E-state index contributed by atoms with van der Waals surface area (Å²) in [5.74, 6) is -0.548. The highest BCUT2D eigenvalue weighted by molar-refractivity contribution is 6.30.